The van der Waals surface area contributed by atoms with E-state index in [0.29, 0.717) is 17.9 Å². The number of pyridine rings is 1. The van der Waals surface area contributed by atoms with Gasteiger partial charge in [0.2, 0.25) is 5.88 Å². The first-order valence-corrected chi connectivity index (χ1v) is 6.94. The lowest BCUT2D eigenvalue weighted by Crippen LogP contribution is -2.70. The summed E-state index contributed by atoms with van der Waals surface area (Å²) in [5.41, 5.74) is 0. The maximum Gasteiger partial charge on any atom is 0.481 e. The van der Waals surface area contributed by atoms with Gasteiger partial charge in [-0.25, -0.2) is 4.98 Å². The van der Waals surface area contributed by atoms with Crippen LogP contribution in [0.3, 0.4) is 0 Å². The van der Waals surface area contributed by atoms with Gasteiger partial charge in [0.15, 0.2) is 0 Å². The molecule has 4 fully saturated rings. The molecule has 0 N–H and O–H groups in total. The molecule has 0 amide bonds. The van der Waals surface area contributed by atoms with Crippen molar-refractivity contribution in [1.29, 1.82) is 0 Å². The van der Waals surface area contributed by atoms with E-state index >= 15 is 0 Å². The fourth-order valence-electron chi connectivity index (χ4n) is 4.53. The van der Waals surface area contributed by atoms with Gasteiger partial charge >= 0.3 is 7.98 Å². The van der Waals surface area contributed by atoms with Crippen LogP contribution in [0.5, 0.6) is 5.88 Å². The summed E-state index contributed by atoms with van der Waals surface area (Å²) in [6.07, 6.45) is 4.73. The molecule has 1 aromatic heterocycles. The Kier molecular flexibility index (Phi) is 2.25. The molecular weight excluding hydrogens is 223 g/mol. The molecule has 2 atom stereocenters. The Morgan fingerprint density at radius 3 is 2.56 bits per heavy atom. The molecule has 3 saturated heterocycles. The summed E-state index contributed by atoms with van der Waals surface area (Å²) < 4.78 is 6.95. The van der Waals surface area contributed by atoms with Crippen LogP contribution < -0.4 is 4.74 Å². The maximum absolute atomic E-state index is 6.44. The molecule has 2 unspecified atom stereocenters. The van der Waals surface area contributed by atoms with Crippen LogP contribution in [0, 0.1) is 17.8 Å². The average molecular weight is 241 g/mol. The summed E-state index contributed by atoms with van der Waals surface area (Å²) in [6, 6.07) is 5.87. The predicted molar refractivity (Wildman–Crippen MR) is 69.0 cm³/mol. The fourth-order valence-corrected chi connectivity index (χ4v) is 4.53. The van der Waals surface area contributed by atoms with E-state index in [0.717, 1.165) is 29.3 Å². The summed E-state index contributed by atoms with van der Waals surface area (Å²) >= 11 is 0. The summed E-state index contributed by atoms with van der Waals surface area (Å²) in [6.45, 7) is 3.36. The van der Waals surface area contributed by atoms with Crippen LogP contribution in [0.4, 0.5) is 0 Å². The van der Waals surface area contributed by atoms with Gasteiger partial charge in [0.05, 0.1) is 19.6 Å². The molecule has 0 spiro atoms. The highest BCUT2D eigenvalue weighted by atomic mass is 16.5. The van der Waals surface area contributed by atoms with Gasteiger partial charge in [-0.15, -0.1) is 0 Å². The van der Waals surface area contributed by atoms with Crippen LogP contribution in [-0.2, 0) is 0 Å². The van der Waals surface area contributed by atoms with Crippen molar-refractivity contribution in [2.45, 2.75) is 18.9 Å². The predicted octanol–water partition coefficient (Wildman–Crippen LogP) is 1.40. The molecule has 4 aliphatic rings. The number of hydrogen-bond acceptors (Lipinski definition) is 2. The van der Waals surface area contributed by atoms with E-state index in [4.69, 9.17) is 12.7 Å². The zero-order valence-electron chi connectivity index (χ0n) is 10.5. The first kappa shape index (κ1) is 10.9. The van der Waals surface area contributed by atoms with Crippen LogP contribution in [0.15, 0.2) is 24.4 Å². The molecule has 1 aromatic rings. The second-order valence-corrected chi connectivity index (χ2v) is 6.37. The number of aromatic nitrogens is 1. The van der Waals surface area contributed by atoms with E-state index in [-0.39, 0.29) is 0 Å². The van der Waals surface area contributed by atoms with E-state index in [1.807, 2.05) is 18.2 Å². The summed E-state index contributed by atoms with van der Waals surface area (Å²) in [5.74, 6) is 2.86. The Bertz CT molecular complexity index is 436. The molecule has 2 radical (unpaired) electrons. The van der Waals surface area contributed by atoms with Gasteiger partial charge in [-0.3, -0.25) is 0 Å². The molecule has 3 aliphatic heterocycles. The zero-order chi connectivity index (χ0) is 12.2. The number of nitrogens with zero attached hydrogens (tertiary/aromatic N) is 2. The van der Waals surface area contributed by atoms with Crippen LogP contribution in [-0.4, -0.2) is 43.1 Å². The van der Waals surface area contributed by atoms with Crippen LogP contribution in [0.25, 0.3) is 0 Å². The zero-order valence-corrected chi connectivity index (χ0v) is 10.5. The van der Waals surface area contributed by atoms with Crippen molar-refractivity contribution in [3.8, 4) is 5.88 Å². The third kappa shape index (κ3) is 1.66. The molecule has 3 nitrogen and oxygen atoms in total. The van der Waals surface area contributed by atoms with Crippen LogP contribution >= 0.6 is 0 Å². The molecule has 92 valence electrons. The molecule has 4 heteroatoms. The highest BCUT2D eigenvalue weighted by molar-refractivity contribution is 5.97. The lowest BCUT2D eigenvalue weighted by Gasteiger charge is -2.59. The number of rotatable bonds is 2. The highest BCUT2D eigenvalue weighted by Gasteiger charge is 2.55. The minimum absolute atomic E-state index is 0.339. The van der Waals surface area contributed by atoms with Gasteiger partial charge in [-0.1, -0.05) is 6.07 Å². The van der Waals surface area contributed by atoms with E-state index in [1.165, 1.54) is 19.4 Å². The Balaban J connectivity index is 1.57. The SMILES string of the molecule is [B][N+]12CC3CC(C1)C(Oc1ccccn1)C(C3)C2. The largest absolute Gasteiger partial charge is 0.481 e. The van der Waals surface area contributed by atoms with Crippen molar-refractivity contribution in [2.24, 2.45) is 17.8 Å². The second kappa shape index (κ2) is 3.73. The monoisotopic (exact) mass is 241 g/mol. The highest BCUT2D eigenvalue weighted by Crippen LogP contribution is 2.47. The van der Waals surface area contributed by atoms with Crippen molar-refractivity contribution in [1.82, 2.24) is 4.98 Å². The van der Waals surface area contributed by atoms with E-state index in [9.17, 15) is 0 Å². The first-order chi connectivity index (χ1) is 8.72. The molecule has 4 heterocycles. The number of hydrogen-bond donors (Lipinski definition) is 0. The Morgan fingerprint density at radius 2 is 1.94 bits per heavy atom. The van der Waals surface area contributed by atoms with Crippen LogP contribution in [0.2, 0.25) is 0 Å². The van der Waals surface area contributed by atoms with Gasteiger partial charge in [0, 0.05) is 30.0 Å². The summed E-state index contributed by atoms with van der Waals surface area (Å²) in [5, 5.41) is 0. The standard InChI is InChI=1S/C14H18BN2O/c15-17-7-10-5-11(8-17)14(12(6-10)9-17)18-13-3-1-2-4-16-13/h1-4,10-12,14H,5-9H2/q+1. The number of quaternary nitrogens is 1. The smallest absolute Gasteiger partial charge is 0.473 e. The second-order valence-electron chi connectivity index (χ2n) is 6.37. The van der Waals surface area contributed by atoms with Crippen molar-refractivity contribution in [2.75, 3.05) is 19.6 Å². The van der Waals surface area contributed by atoms with E-state index in [2.05, 4.69) is 4.98 Å². The quantitative estimate of drug-likeness (QED) is 0.730. The number of piperidine rings is 3. The molecule has 5 rings (SSSR count). The average Bonchev–Trinajstić information content (AvgIpc) is 2.33. The summed E-state index contributed by atoms with van der Waals surface area (Å²) in [7, 11) is 6.44. The third-order valence-electron chi connectivity index (χ3n) is 4.91. The Morgan fingerprint density at radius 1 is 1.17 bits per heavy atom. The lowest BCUT2D eigenvalue weighted by atomic mass is 9.63. The van der Waals surface area contributed by atoms with Gasteiger partial charge < -0.3 is 9.13 Å². The molecule has 1 aliphatic carbocycles. The molecule has 18 heavy (non-hydrogen) atoms. The van der Waals surface area contributed by atoms with Crippen molar-refractivity contribution < 1.29 is 9.13 Å². The molecule has 1 saturated carbocycles. The maximum atomic E-state index is 6.44. The molecule has 0 aromatic carbocycles. The van der Waals surface area contributed by atoms with Gasteiger partial charge in [0.25, 0.3) is 0 Å². The van der Waals surface area contributed by atoms with Crippen molar-refractivity contribution in [3.63, 3.8) is 0 Å². The topological polar surface area (TPSA) is 22.1 Å². The van der Waals surface area contributed by atoms with Crippen molar-refractivity contribution >= 4 is 7.98 Å². The molecule has 4 bridgehead atoms. The summed E-state index contributed by atoms with van der Waals surface area (Å²) in [4.78, 5) is 4.29. The van der Waals surface area contributed by atoms with Gasteiger partial charge in [-0.05, 0) is 18.9 Å². The minimum atomic E-state index is 0.339. The fraction of sp³-hybridized carbons (Fsp3) is 0.643. The first-order valence-electron chi connectivity index (χ1n) is 6.94. The van der Waals surface area contributed by atoms with Gasteiger partial charge in [0.1, 0.15) is 6.10 Å². The van der Waals surface area contributed by atoms with E-state index < -0.39 is 0 Å². The Hall–Kier alpha value is -1.03. The molecular formula is C14H18BN2O+. The third-order valence-corrected chi connectivity index (χ3v) is 4.91. The number of ether oxygens (including phenoxy) is 1. The minimum Gasteiger partial charge on any atom is -0.473 e. The Labute approximate surface area is 109 Å². The normalized spacial score (nSPS) is 45.1. The van der Waals surface area contributed by atoms with Crippen LogP contribution in [0.1, 0.15) is 12.8 Å². The van der Waals surface area contributed by atoms with E-state index in [1.54, 1.807) is 6.20 Å². The van der Waals surface area contributed by atoms with Gasteiger partial charge in [-0.2, -0.15) is 0 Å². The lowest BCUT2D eigenvalue weighted by molar-refractivity contribution is -0.852. The van der Waals surface area contributed by atoms with Crippen molar-refractivity contribution in [3.05, 3.63) is 24.4 Å².